The van der Waals surface area contributed by atoms with Crippen LogP contribution in [0.1, 0.15) is 38.2 Å². The molecule has 1 aromatic carbocycles. The van der Waals surface area contributed by atoms with E-state index >= 15 is 0 Å². The third kappa shape index (κ3) is 4.21. The summed E-state index contributed by atoms with van der Waals surface area (Å²) in [6, 6.07) is 5.17. The quantitative estimate of drug-likeness (QED) is 0.877. The van der Waals surface area contributed by atoms with Crippen molar-refractivity contribution in [2.24, 2.45) is 0 Å². The Morgan fingerprint density at radius 3 is 2.59 bits per heavy atom. The normalized spacial score (nSPS) is 17.6. The van der Waals surface area contributed by atoms with Crippen molar-refractivity contribution in [2.75, 3.05) is 25.5 Å². The smallest absolute Gasteiger partial charge is 0.241 e. The van der Waals surface area contributed by atoms with Crippen molar-refractivity contribution in [1.29, 1.82) is 0 Å². The first-order chi connectivity index (χ1) is 10.7. The third-order valence-corrected chi connectivity index (χ3v) is 4.29. The Labute approximate surface area is 132 Å². The third-order valence-electron chi connectivity index (χ3n) is 4.29. The lowest BCUT2D eigenvalue weighted by Crippen LogP contribution is -2.42. The zero-order chi connectivity index (χ0) is 15.9. The summed E-state index contributed by atoms with van der Waals surface area (Å²) in [7, 11) is 1.56. The van der Waals surface area contributed by atoms with Gasteiger partial charge in [-0.1, -0.05) is 12.8 Å². The second-order valence-corrected chi connectivity index (χ2v) is 5.80. The van der Waals surface area contributed by atoms with E-state index in [-0.39, 0.29) is 18.6 Å². The van der Waals surface area contributed by atoms with Crippen LogP contribution in [0.15, 0.2) is 18.2 Å². The van der Waals surface area contributed by atoms with Crippen molar-refractivity contribution in [3.63, 3.8) is 0 Å². The van der Waals surface area contributed by atoms with E-state index in [9.17, 15) is 9.90 Å². The number of hydrogen-bond acceptors (Lipinski definition) is 4. The highest BCUT2D eigenvalue weighted by Gasteiger charge is 2.22. The van der Waals surface area contributed by atoms with Crippen molar-refractivity contribution >= 4 is 11.6 Å². The molecule has 0 radical (unpaired) electrons. The molecule has 1 heterocycles. The fourth-order valence-corrected chi connectivity index (χ4v) is 2.87. The van der Waals surface area contributed by atoms with Crippen molar-refractivity contribution < 1.29 is 14.6 Å². The number of anilines is 1. The first-order valence-corrected chi connectivity index (χ1v) is 7.98. The molecular formula is C17H26N2O3. The molecule has 0 bridgehead atoms. The summed E-state index contributed by atoms with van der Waals surface area (Å²) >= 11 is 0. The van der Waals surface area contributed by atoms with E-state index in [1.165, 1.54) is 12.8 Å². The number of carbonyl (C=O) groups excluding carboxylic acids is 1. The maximum Gasteiger partial charge on any atom is 0.241 e. The number of likely N-dealkylation sites (tertiary alicyclic amines) is 1. The minimum atomic E-state index is -0.141. The number of nitrogens with one attached hydrogen (secondary N) is 1. The standard InChI is InChI=1S/C17H26N2O3/c1-13(19-9-5-3-4-6-10-19)17(21)18-15-7-8-16(22-2)14(11-15)12-20/h7-8,11,13,20H,3-6,9-10,12H2,1-2H3,(H,18,21). The van der Waals surface area contributed by atoms with Gasteiger partial charge in [0.25, 0.3) is 0 Å². The number of methoxy groups -OCH3 is 1. The van der Waals surface area contributed by atoms with Crippen LogP contribution in [0.4, 0.5) is 5.69 Å². The molecule has 1 saturated heterocycles. The summed E-state index contributed by atoms with van der Waals surface area (Å²) < 4.78 is 5.17. The van der Waals surface area contributed by atoms with E-state index in [4.69, 9.17) is 4.74 Å². The second-order valence-electron chi connectivity index (χ2n) is 5.80. The molecule has 1 aromatic rings. The van der Waals surface area contributed by atoms with Gasteiger partial charge in [0.15, 0.2) is 0 Å². The first kappa shape index (κ1) is 16.8. The number of amides is 1. The zero-order valence-electron chi connectivity index (χ0n) is 13.5. The molecule has 2 rings (SSSR count). The van der Waals surface area contributed by atoms with Crippen LogP contribution in [-0.2, 0) is 11.4 Å². The van der Waals surface area contributed by atoms with Gasteiger partial charge in [-0.15, -0.1) is 0 Å². The Kier molecular flexibility index (Phi) is 6.21. The number of nitrogens with zero attached hydrogens (tertiary/aromatic N) is 1. The maximum atomic E-state index is 12.4. The average Bonchev–Trinajstić information content (AvgIpc) is 2.83. The minimum absolute atomic E-state index is 0.00374. The molecule has 2 N–H and O–H groups in total. The van der Waals surface area contributed by atoms with Crippen LogP contribution in [0.3, 0.4) is 0 Å². The summed E-state index contributed by atoms with van der Waals surface area (Å²) in [5.74, 6) is 0.622. The number of aliphatic hydroxyl groups is 1. The van der Waals surface area contributed by atoms with Gasteiger partial charge in [-0.25, -0.2) is 0 Å². The van der Waals surface area contributed by atoms with Crippen molar-refractivity contribution in [2.45, 2.75) is 45.3 Å². The second kappa shape index (κ2) is 8.15. The van der Waals surface area contributed by atoms with Crippen molar-refractivity contribution in [3.8, 4) is 5.75 Å². The van der Waals surface area contributed by atoms with Gasteiger partial charge in [0, 0.05) is 11.3 Å². The number of aliphatic hydroxyl groups excluding tert-OH is 1. The van der Waals surface area contributed by atoms with Gasteiger partial charge in [0.2, 0.25) is 5.91 Å². The van der Waals surface area contributed by atoms with Crippen LogP contribution in [-0.4, -0.2) is 42.2 Å². The van der Waals surface area contributed by atoms with E-state index in [1.807, 2.05) is 6.92 Å². The molecule has 1 aliphatic rings. The van der Waals surface area contributed by atoms with Gasteiger partial charge < -0.3 is 15.2 Å². The molecule has 1 amide bonds. The van der Waals surface area contributed by atoms with Crippen LogP contribution in [0, 0.1) is 0 Å². The number of ether oxygens (including phenoxy) is 1. The van der Waals surface area contributed by atoms with Gasteiger partial charge >= 0.3 is 0 Å². The summed E-state index contributed by atoms with van der Waals surface area (Å²) in [4.78, 5) is 14.7. The Morgan fingerprint density at radius 2 is 2.00 bits per heavy atom. The summed E-state index contributed by atoms with van der Waals surface area (Å²) in [6.07, 6.45) is 4.83. The van der Waals surface area contributed by atoms with E-state index in [2.05, 4.69) is 10.2 Å². The van der Waals surface area contributed by atoms with Gasteiger partial charge in [0.05, 0.1) is 19.8 Å². The van der Waals surface area contributed by atoms with Gasteiger partial charge in [-0.3, -0.25) is 9.69 Å². The molecule has 0 aliphatic carbocycles. The van der Waals surface area contributed by atoms with Gasteiger partial charge in [0.1, 0.15) is 5.75 Å². The zero-order valence-corrected chi connectivity index (χ0v) is 13.5. The number of hydrogen-bond donors (Lipinski definition) is 2. The summed E-state index contributed by atoms with van der Waals surface area (Å²) in [5.41, 5.74) is 1.36. The lowest BCUT2D eigenvalue weighted by molar-refractivity contribution is -0.120. The van der Waals surface area contributed by atoms with Crippen LogP contribution >= 0.6 is 0 Å². The van der Waals surface area contributed by atoms with Gasteiger partial charge in [-0.2, -0.15) is 0 Å². The Morgan fingerprint density at radius 1 is 1.32 bits per heavy atom. The molecule has 5 nitrogen and oxygen atoms in total. The van der Waals surface area contributed by atoms with Crippen LogP contribution in [0.5, 0.6) is 5.75 Å². The molecule has 1 aliphatic heterocycles. The Hall–Kier alpha value is -1.59. The summed E-state index contributed by atoms with van der Waals surface area (Å²) in [6.45, 7) is 3.81. The highest BCUT2D eigenvalue weighted by Crippen LogP contribution is 2.23. The molecule has 1 atom stereocenters. The molecular weight excluding hydrogens is 280 g/mol. The average molecular weight is 306 g/mol. The fraction of sp³-hybridized carbons (Fsp3) is 0.588. The van der Waals surface area contributed by atoms with Crippen LogP contribution in [0.25, 0.3) is 0 Å². The Bertz CT molecular complexity index is 497. The van der Waals surface area contributed by atoms with E-state index < -0.39 is 0 Å². The number of benzene rings is 1. The van der Waals surface area contributed by atoms with Crippen molar-refractivity contribution in [1.82, 2.24) is 4.90 Å². The highest BCUT2D eigenvalue weighted by molar-refractivity contribution is 5.94. The molecule has 122 valence electrons. The minimum Gasteiger partial charge on any atom is -0.496 e. The van der Waals surface area contributed by atoms with E-state index in [0.717, 1.165) is 25.9 Å². The first-order valence-electron chi connectivity index (χ1n) is 7.98. The number of rotatable bonds is 5. The predicted molar refractivity (Wildman–Crippen MR) is 87.0 cm³/mol. The van der Waals surface area contributed by atoms with Gasteiger partial charge in [-0.05, 0) is 51.1 Å². The highest BCUT2D eigenvalue weighted by atomic mass is 16.5. The molecule has 5 heteroatoms. The molecule has 0 aromatic heterocycles. The molecule has 1 unspecified atom stereocenters. The van der Waals surface area contributed by atoms with E-state index in [0.29, 0.717) is 17.0 Å². The lowest BCUT2D eigenvalue weighted by Gasteiger charge is -2.26. The summed E-state index contributed by atoms with van der Waals surface area (Å²) in [5, 5.41) is 12.3. The topological polar surface area (TPSA) is 61.8 Å². The van der Waals surface area contributed by atoms with E-state index in [1.54, 1.807) is 25.3 Å². The maximum absolute atomic E-state index is 12.4. The molecule has 0 saturated carbocycles. The van der Waals surface area contributed by atoms with Crippen LogP contribution in [0.2, 0.25) is 0 Å². The lowest BCUT2D eigenvalue weighted by atomic mass is 10.1. The number of carbonyl (C=O) groups is 1. The van der Waals surface area contributed by atoms with Crippen LogP contribution < -0.4 is 10.1 Å². The SMILES string of the molecule is COc1ccc(NC(=O)C(C)N2CCCCCC2)cc1CO. The fourth-order valence-electron chi connectivity index (χ4n) is 2.87. The molecule has 22 heavy (non-hydrogen) atoms. The predicted octanol–water partition coefficient (Wildman–Crippen LogP) is 2.39. The molecule has 1 fully saturated rings. The largest absolute Gasteiger partial charge is 0.496 e. The molecule has 0 spiro atoms. The monoisotopic (exact) mass is 306 g/mol. The van der Waals surface area contributed by atoms with Crippen molar-refractivity contribution in [3.05, 3.63) is 23.8 Å². The Balaban J connectivity index is 2.01.